The minimum atomic E-state index is -0.472. The second-order valence-corrected chi connectivity index (χ2v) is 6.85. The van der Waals surface area contributed by atoms with Gasteiger partial charge in [-0.3, -0.25) is 14.7 Å². The lowest BCUT2D eigenvalue weighted by atomic mass is 9.91. The molecule has 3 atom stereocenters. The first-order valence-electron chi connectivity index (χ1n) is 8.87. The molecule has 3 heterocycles. The van der Waals surface area contributed by atoms with Crippen LogP contribution in [0.3, 0.4) is 0 Å². The molecule has 0 unspecified atom stereocenters. The van der Waals surface area contributed by atoms with Gasteiger partial charge in [0.05, 0.1) is 12.3 Å². The summed E-state index contributed by atoms with van der Waals surface area (Å²) in [6, 6.07) is 6.85. The Hall–Kier alpha value is -2.38. The van der Waals surface area contributed by atoms with E-state index in [2.05, 4.69) is 20.2 Å². The monoisotopic (exact) mass is 356 g/mol. The van der Waals surface area contributed by atoms with Gasteiger partial charge in [0, 0.05) is 31.0 Å². The van der Waals surface area contributed by atoms with E-state index >= 15 is 0 Å². The van der Waals surface area contributed by atoms with Crippen LogP contribution in [-0.4, -0.2) is 46.1 Å². The lowest BCUT2D eigenvalue weighted by Crippen LogP contribution is -2.42. The van der Waals surface area contributed by atoms with Gasteiger partial charge in [0.25, 0.3) is 5.91 Å². The molecule has 4 rings (SSSR count). The number of rotatable bonds is 4. The molecule has 2 aromatic rings. The average Bonchev–Trinajstić information content (AvgIpc) is 3.08. The number of carbonyl (C=O) groups is 1. The fourth-order valence-electron chi connectivity index (χ4n) is 3.74. The van der Waals surface area contributed by atoms with Gasteiger partial charge in [0.15, 0.2) is 5.82 Å². The van der Waals surface area contributed by atoms with E-state index in [4.69, 9.17) is 4.74 Å². The minimum absolute atomic E-state index is 0.00753. The summed E-state index contributed by atoms with van der Waals surface area (Å²) in [5.41, 5.74) is 0.695. The topological polar surface area (TPSA) is 67.4 Å². The maximum atomic E-state index is 13.9. The molecule has 2 saturated heterocycles. The summed E-state index contributed by atoms with van der Waals surface area (Å²) in [5, 5.41) is 2.75. The fourth-order valence-corrected chi connectivity index (χ4v) is 3.74. The Labute approximate surface area is 151 Å². The number of nitrogens with zero attached hydrogens (tertiary/aromatic N) is 3. The number of benzene rings is 1. The van der Waals surface area contributed by atoms with Crippen LogP contribution in [0.1, 0.15) is 18.4 Å². The van der Waals surface area contributed by atoms with Crippen molar-refractivity contribution < 1.29 is 13.9 Å². The van der Waals surface area contributed by atoms with Gasteiger partial charge in [-0.15, -0.1) is 0 Å². The molecule has 0 radical (unpaired) electrons. The van der Waals surface area contributed by atoms with Gasteiger partial charge in [-0.25, -0.2) is 9.37 Å². The molecular weight excluding hydrogens is 335 g/mol. The van der Waals surface area contributed by atoms with Crippen LogP contribution in [0.15, 0.2) is 42.9 Å². The molecule has 1 amide bonds. The zero-order chi connectivity index (χ0) is 17.9. The van der Waals surface area contributed by atoms with Gasteiger partial charge in [0.1, 0.15) is 11.9 Å². The number of likely N-dealkylation sites (tertiary alicyclic amines) is 1. The summed E-state index contributed by atoms with van der Waals surface area (Å²) < 4.78 is 19.9. The maximum absolute atomic E-state index is 13.9. The first kappa shape index (κ1) is 17.1. The van der Waals surface area contributed by atoms with E-state index in [1.54, 1.807) is 12.3 Å². The number of hydrogen-bond donors (Lipinski definition) is 1. The highest BCUT2D eigenvalue weighted by Crippen LogP contribution is 2.34. The van der Waals surface area contributed by atoms with Gasteiger partial charge < -0.3 is 10.1 Å². The molecule has 2 aliphatic rings. The Morgan fingerprint density at radius 1 is 1.35 bits per heavy atom. The Balaban J connectivity index is 1.34. The van der Waals surface area contributed by atoms with Crippen molar-refractivity contribution in [1.29, 1.82) is 0 Å². The van der Waals surface area contributed by atoms with Crippen molar-refractivity contribution in [2.75, 3.05) is 18.4 Å². The summed E-state index contributed by atoms with van der Waals surface area (Å²) in [7, 11) is 0. The summed E-state index contributed by atoms with van der Waals surface area (Å²) in [6.45, 7) is 2.17. The molecule has 0 aliphatic carbocycles. The molecule has 0 saturated carbocycles. The lowest BCUT2D eigenvalue weighted by Gasteiger charge is -2.34. The Bertz CT molecular complexity index is 773. The van der Waals surface area contributed by atoms with Crippen LogP contribution in [0.2, 0.25) is 0 Å². The van der Waals surface area contributed by atoms with Crippen molar-refractivity contribution in [2.24, 2.45) is 5.92 Å². The van der Waals surface area contributed by atoms with E-state index in [9.17, 15) is 9.18 Å². The van der Waals surface area contributed by atoms with E-state index < -0.39 is 6.10 Å². The predicted molar refractivity (Wildman–Crippen MR) is 93.7 cm³/mol. The van der Waals surface area contributed by atoms with Crippen molar-refractivity contribution in [3.63, 3.8) is 0 Å². The van der Waals surface area contributed by atoms with Gasteiger partial charge >= 0.3 is 0 Å². The highest BCUT2D eigenvalue weighted by molar-refractivity contribution is 5.93. The van der Waals surface area contributed by atoms with Gasteiger partial charge in [-0.05, 0) is 31.4 Å². The minimum Gasteiger partial charge on any atom is -0.364 e. The Morgan fingerprint density at radius 2 is 2.23 bits per heavy atom. The fraction of sp³-hybridized carbons (Fsp3) is 0.421. The van der Waals surface area contributed by atoms with Crippen LogP contribution < -0.4 is 5.32 Å². The number of fused-ring (bicyclic) bond motifs is 1. The van der Waals surface area contributed by atoms with Crippen LogP contribution in [0.4, 0.5) is 10.2 Å². The van der Waals surface area contributed by atoms with E-state index in [1.165, 1.54) is 18.5 Å². The molecule has 1 aromatic heterocycles. The number of amides is 1. The van der Waals surface area contributed by atoms with Crippen molar-refractivity contribution in [1.82, 2.24) is 14.9 Å². The van der Waals surface area contributed by atoms with E-state index in [-0.39, 0.29) is 17.8 Å². The number of hydrogen-bond acceptors (Lipinski definition) is 5. The molecular formula is C19H21FN4O2. The van der Waals surface area contributed by atoms with Crippen molar-refractivity contribution in [3.05, 3.63) is 54.2 Å². The van der Waals surface area contributed by atoms with Gasteiger partial charge in [-0.2, -0.15) is 0 Å². The molecule has 2 fully saturated rings. The van der Waals surface area contributed by atoms with Gasteiger partial charge in [-0.1, -0.05) is 18.2 Å². The number of halogens is 1. The van der Waals surface area contributed by atoms with Crippen molar-refractivity contribution in [3.8, 4) is 0 Å². The van der Waals surface area contributed by atoms with Crippen LogP contribution in [0, 0.1) is 11.7 Å². The normalized spacial score (nSPS) is 25.7. The standard InChI is InChI=1S/C19H21FN4O2/c20-15-4-2-1-3-14(15)11-24-8-5-13-9-16(26-17(13)12-24)19(25)23-18-10-21-6-7-22-18/h1-4,6-7,10,13,16-17H,5,8-9,11-12H2,(H,22,23,25)/t13-,16+,17+/m1/s1. The summed E-state index contributed by atoms with van der Waals surface area (Å²) >= 11 is 0. The van der Waals surface area contributed by atoms with Gasteiger partial charge in [0.2, 0.25) is 0 Å². The molecule has 1 N–H and O–H groups in total. The number of aromatic nitrogens is 2. The molecule has 0 bridgehead atoms. The number of nitrogens with one attached hydrogen (secondary N) is 1. The zero-order valence-electron chi connectivity index (χ0n) is 14.3. The van der Waals surface area contributed by atoms with Crippen molar-refractivity contribution in [2.45, 2.75) is 31.6 Å². The third-order valence-corrected chi connectivity index (χ3v) is 5.09. The van der Waals surface area contributed by atoms with Crippen LogP contribution in [0.5, 0.6) is 0 Å². The highest BCUT2D eigenvalue weighted by Gasteiger charge is 2.41. The smallest absolute Gasteiger partial charge is 0.254 e. The molecule has 1 aromatic carbocycles. The SMILES string of the molecule is O=C(Nc1cnccn1)[C@@H]1C[C@H]2CCN(Cc3ccccc3F)C[C@@H]2O1. The first-order valence-corrected chi connectivity index (χ1v) is 8.87. The third kappa shape index (κ3) is 3.73. The van der Waals surface area contributed by atoms with Crippen LogP contribution in [0.25, 0.3) is 0 Å². The highest BCUT2D eigenvalue weighted by atomic mass is 19.1. The predicted octanol–water partition coefficient (Wildman–Crippen LogP) is 2.23. The van der Waals surface area contributed by atoms with E-state index in [0.29, 0.717) is 36.8 Å². The summed E-state index contributed by atoms with van der Waals surface area (Å²) in [4.78, 5) is 22.6. The number of carbonyl (C=O) groups excluding carboxylic acids is 1. The third-order valence-electron chi connectivity index (χ3n) is 5.09. The van der Waals surface area contributed by atoms with Crippen molar-refractivity contribution >= 4 is 11.7 Å². The largest absolute Gasteiger partial charge is 0.364 e. The Kier molecular flexibility index (Phi) is 4.90. The molecule has 7 heteroatoms. The summed E-state index contributed by atoms with van der Waals surface area (Å²) in [5.74, 6) is 0.436. The second kappa shape index (κ2) is 7.47. The molecule has 136 valence electrons. The molecule has 0 spiro atoms. The molecule has 26 heavy (non-hydrogen) atoms. The quantitative estimate of drug-likeness (QED) is 0.910. The summed E-state index contributed by atoms with van der Waals surface area (Å²) in [6.07, 6.45) is 5.80. The molecule has 2 aliphatic heterocycles. The average molecular weight is 356 g/mol. The maximum Gasteiger partial charge on any atom is 0.254 e. The zero-order valence-corrected chi connectivity index (χ0v) is 14.3. The van der Waals surface area contributed by atoms with Crippen LogP contribution >= 0.6 is 0 Å². The lowest BCUT2D eigenvalue weighted by molar-refractivity contribution is -0.127. The first-order chi connectivity index (χ1) is 12.7. The number of anilines is 1. The van der Waals surface area contributed by atoms with E-state index in [1.807, 2.05) is 12.1 Å². The Morgan fingerprint density at radius 3 is 3.04 bits per heavy atom. The van der Waals surface area contributed by atoms with E-state index in [0.717, 1.165) is 13.0 Å². The molecule has 6 nitrogen and oxygen atoms in total. The van der Waals surface area contributed by atoms with Crippen LogP contribution in [-0.2, 0) is 16.1 Å². The number of piperidine rings is 1. The number of ether oxygens (including phenoxy) is 1. The second-order valence-electron chi connectivity index (χ2n) is 6.85.